The van der Waals surface area contributed by atoms with E-state index in [9.17, 15) is 18.0 Å². The van der Waals surface area contributed by atoms with E-state index < -0.39 is 11.7 Å². The summed E-state index contributed by atoms with van der Waals surface area (Å²) >= 11 is 0. The van der Waals surface area contributed by atoms with Gasteiger partial charge in [-0.2, -0.15) is 28.4 Å². The van der Waals surface area contributed by atoms with Crippen LogP contribution in [-0.4, -0.2) is 64.2 Å². The fourth-order valence-corrected chi connectivity index (χ4v) is 6.37. The van der Waals surface area contributed by atoms with Crippen LogP contribution in [0.4, 0.5) is 35.5 Å². The smallest absolute Gasteiger partial charge is 0.351 e. The molecule has 0 spiro atoms. The van der Waals surface area contributed by atoms with E-state index in [0.717, 1.165) is 22.9 Å². The minimum atomic E-state index is -4.62. The molecule has 1 aliphatic heterocycles. The maximum atomic E-state index is 14.0. The summed E-state index contributed by atoms with van der Waals surface area (Å²) in [5.41, 5.74) is 1.89. The van der Waals surface area contributed by atoms with E-state index in [1.54, 1.807) is 31.6 Å². The van der Waals surface area contributed by atoms with Crippen molar-refractivity contribution >= 4 is 23.6 Å². The monoisotopic (exact) mass is 672 g/mol. The Morgan fingerprint density at radius 1 is 0.939 bits per heavy atom. The molecule has 49 heavy (non-hydrogen) atoms. The lowest BCUT2D eigenvalue weighted by atomic mass is 9.90. The quantitative estimate of drug-likeness (QED) is 0.233. The zero-order valence-corrected chi connectivity index (χ0v) is 26.8. The van der Waals surface area contributed by atoms with Gasteiger partial charge in [0, 0.05) is 61.9 Å². The SMILES string of the molecule is Cn1cc(-c2ccc(N(C(=O)NCc3ccccc3)C3CCC(Nc4ncc(C(F)(F)F)c(N5CCn6ncnc6C5)n4)CC3)nc2)cn1. The van der Waals surface area contributed by atoms with Gasteiger partial charge in [0.1, 0.15) is 29.4 Å². The Hall–Kier alpha value is -5.54. The first-order chi connectivity index (χ1) is 23.7. The van der Waals surface area contributed by atoms with Crippen molar-refractivity contribution in [3.05, 3.63) is 90.5 Å². The second kappa shape index (κ2) is 13.5. The van der Waals surface area contributed by atoms with Crippen LogP contribution in [0.5, 0.6) is 0 Å². The molecule has 0 saturated heterocycles. The molecule has 16 heteroatoms. The summed E-state index contributed by atoms with van der Waals surface area (Å²) in [6.07, 6.45) is 5.59. The average molecular weight is 673 g/mol. The second-order valence-electron chi connectivity index (χ2n) is 12.2. The van der Waals surface area contributed by atoms with Gasteiger partial charge in [-0.15, -0.1) is 0 Å². The number of carbonyl (C=O) groups is 1. The summed E-state index contributed by atoms with van der Waals surface area (Å²) in [7, 11) is 1.85. The fourth-order valence-electron chi connectivity index (χ4n) is 6.37. The maximum Gasteiger partial charge on any atom is 0.421 e. The highest BCUT2D eigenvalue weighted by Crippen LogP contribution is 2.37. The number of hydrogen-bond acceptors (Lipinski definition) is 9. The Labute approximate surface area is 280 Å². The number of halogens is 3. The molecule has 1 fully saturated rings. The minimum absolute atomic E-state index is 0.0968. The zero-order valence-electron chi connectivity index (χ0n) is 26.8. The summed E-state index contributed by atoms with van der Waals surface area (Å²) in [5.74, 6) is 1.05. The molecule has 4 aromatic heterocycles. The molecule has 0 unspecified atom stereocenters. The van der Waals surface area contributed by atoms with Gasteiger partial charge in [-0.3, -0.25) is 9.58 Å². The number of nitrogens with one attached hydrogen (secondary N) is 2. The molecule has 1 aromatic carbocycles. The van der Waals surface area contributed by atoms with Crippen molar-refractivity contribution in [1.29, 1.82) is 0 Å². The highest BCUT2D eigenvalue weighted by atomic mass is 19.4. The lowest BCUT2D eigenvalue weighted by molar-refractivity contribution is -0.137. The topological polar surface area (TPSA) is 135 Å². The highest BCUT2D eigenvalue weighted by molar-refractivity contribution is 5.91. The van der Waals surface area contributed by atoms with Crippen LogP contribution in [0.3, 0.4) is 0 Å². The summed E-state index contributed by atoms with van der Waals surface area (Å²) in [6.45, 7) is 1.23. The molecule has 1 saturated carbocycles. The summed E-state index contributed by atoms with van der Waals surface area (Å²) in [5, 5.41) is 14.7. The number of anilines is 3. The van der Waals surface area contributed by atoms with Crippen molar-refractivity contribution in [2.45, 2.75) is 63.6 Å². The van der Waals surface area contributed by atoms with Gasteiger partial charge >= 0.3 is 12.2 Å². The molecule has 0 radical (unpaired) electrons. The molecule has 2 N–H and O–H groups in total. The van der Waals surface area contributed by atoms with Crippen LogP contribution in [0.15, 0.2) is 73.6 Å². The first-order valence-corrected chi connectivity index (χ1v) is 16.1. The third-order valence-electron chi connectivity index (χ3n) is 8.92. The molecule has 0 bridgehead atoms. The maximum absolute atomic E-state index is 14.0. The summed E-state index contributed by atoms with van der Waals surface area (Å²) < 4.78 is 45.4. The van der Waals surface area contributed by atoms with Gasteiger partial charge in [0.25, 0.3) is 0 Å². The van der Waals surface area contributed by atoms with Crippen LogP contribution in [0.1, 0.15) is 42.6 Å². The summed E-state index contributed by atoms with van der Waals surface area (Å²) in [4.78, 5) is 34.3. The van der Waals surface area contributed by atoms with Gasteiger partial charge in [0.05, 0.1) is 19.3 Å². The molecule has 2 aliphatic rings. The Bertz CT molecular complexity index is 1880. The Morgan fingerprint density at radius 3 is 2.47 bits per heavy atom. The number of benzene rings is 1. The standard InChI is InChI=1S/C33H35F3N12O/c1-45-19-24(17-41-45)23-7-12-28(37-16-23)48(32(49)39-15-22-5-3-2-4-6-22)26-10-8-25(9-11-26)43-31-38-18-27(33(34,35)36)30(44-31)46-13-14-47-29(20-46)40-21-42-47/h2-7,12,16-19,21,25-26H,8-11,13-15,20H2,1H3,(H,39,49)(H,38,43,44). The number of pyridine rings is 1. The number of urea groups is 1. The van der Waals surface area contributed by atoms with Gasteiger partial charge in [-0.1, -0.05) is 30.3 Å². The van der Waals surface area contributed by atoms with Crippen LogP contribution >= 0.6 is 0 Å². The van der Waals surface area contributed by atoms with Crippen LogP contribution in [-0.2, 0) is 32.9 Å². The number of aryl methyl sites for hydroxylation is 1. The normalized spacial score (nSPS) is 17.8. The van der Waals surface area contributed by atoms with E-state index >= 15 is 0 Å². The number of fused-ring (bicyclic) bond motifs is 1. The third kappa shape index (κ3) is 7.17. The van der Waals surface area contributed by atoms with Gasteiger partial charge in [-0.25, -0.2) is 24.4 Å². The molecular formula is C33H35F3N12O. The molecule has 5 heterocycles. The Kier molecular flexibility index (Phi) is 8.84. The molecule has 13 nitrogen and oxygen atoms in total. The van der Waals surface area contributed by atoms with Crippen molar-refractivity contribution < 1.29 is 18.0 Å². The predicted octanol–water partition coefficient (Wildman–Crippen LogP) is 5.04. The number of nitrogens with zero attached hydrogens (tertiary/aromatic N) is 10. The molecule has 0 atom stereocenters. The van der Waals surface area contributed by atoms with Crippen molar-refractivity contribution in [3.63, 3.8) is 0 Å². The van der Waals surface area contributed by atoms with Gasteiger partial charge in [0.15, 0.2) is 0 Å². The molecule has 1 aliphatic carbocycles. The first-order valence-electron chi connectivity index (χ1n) is 16.1. The predicted molar refractivity (Wildman–Crippen MR) is 175 cm³/mol. The molecule has 2 amide bonds. The van der Waals surface area contributed by atoms with E-state index in [2.05, 4.69) is 40.8 Å². The van der Waals surface area contributed by atoms with Crippen LogP contribution in [0, 0.1) is 0 Å². The lowest BCUT2D eigenvalue weighted by Gasteiger charge is -2.36. The second-order valence-corrected chi connectivity index (χ2v) is 12.2. The number of carbonyl (C=O) groups excluding carboxylic acids is 1. The van der Waals surface area contributed by atoms with Crippen molar-refractivity contribution in [1.82, 2.24) is 44.8 Å². The molecule has 5 aromatic rings. The molecule has 7 rings (SSSR count). The fraction of sp³-hybridized carbons (Fsp3) is 0.364. The molecule has 254 valence electrons. The van der Waals surface area contributed by atoms with Crippen molar-refractivity contribution in [2.24, 2.45) is 7.05 Å². The third-order valence-corrected chi connectivity index (χ3v) is 8.92. The van der Waals surface area contributed by atoms with Crippen LogP contribution in [0.25, 0.3) is 11.1 Å². The van der Waals surface area contributed by atoms with E-state index in [-0.39, 0.29) is 36.4 Å². The van der Waals surface area contributed by atoms with Gasteiger partial charge in [0.2, 0.25) is 5.95 Å². The Balaban J connectivity index is 1.06. The number of aromatic nitrogens is 8. The number of hydrogen-bond donors (Lipinski definition) is 2. The number of alkyl halides is 3. The lowest BCUT2D eigenvalue weighted by Crippen LogP contribution is -2.49. The summed E-state index contributed by atoms with van der Waals surface area (Å²) in [6, 6.07) is 12.9. The zero-order chi connectivity index (χ0) is 34.0. The number of amides is 2. The van der Waals surface area contributed by atoms with E-state index in [1.165, 1.54) is 6.33 Å². The Morgan fingerprint density at radius 2 is 1.76 bits per heavy atom. The van der Waals surface area contributed by atoms with Gasteiger partial charge in [-0.05, 0) is 43.4 Å². The van der Waals surface area contributed by atoms with Crippen LogP contribution < -0.4 is 20.4 Å². The van der Waals surface area contributed by atoms with Gasteiger partial charge < -0.3 is 15.5 Å². The highest BCUT2D eigenvalue weighted by Gasteiger charge is 2.38. The largest absolute Gasteiger partial charge is 0.421 e. The van der Waals surface area contributed by atoms with E-state index in [4.69, 9.17) is 0 Å². The first kappa shape index (κ1) is 32.0. The van der Waals surface area contributed by atoms with Crippen LogP contribution in [0.2, 0.25) is 0 Å². The number of rotatable bonds is 8. The van der Waals surface area contributed by atoms with E-state index in [1.807, 2.05) is 55.7 Å². The average Bonchev–Trinajstić information content (AvgIpc) is 3.77. The van der Waals surface area contributed by atoms with E-state index in [0.29, 0.717) is 57.0 Å². The van der Waals surface area contributed by atoms with Crippen molar-refractivity contribution in [2.75, 3.05) is 21.7 Å². The molecular weight excluding hydrogens is 637 g/mol. The van der Waals surface area contributed by atoms with Crippen molar-refractivity contribution in [3.8, 4) is 11.1 Å². The minimum Gasteiger partial charge on any atom is -0.351 e.